The molecule has 12 heavy (non-hydrogen) atoms. The molecule has 0 aliphatic rings. The van der Waals surface area contributed by atoms with Crippen LogP contribution in [0.2, 0.25) is 0 Å². The summed E-state index contributed by atoms with van der Waals surface area (Å²) >= 11 is 5.83. The molecule has 0 spiro atoms. The van der Waals surface area contributed by atoms with Crippen LogP contribution < -0.4 is 0 Å². The monoisotopic (exact) mass is 338 g/mol. The normalized spacial score (nSPS) is 11.8. The molecule has 0 aromatic heterocycles. The minimum Gasteiger partial charge on any atom is -0.0573 e. The second-order valence-electron chi connectivity index (χ2n) is 3.88. The van der Waals surface area contributed by atoms with Gasteiger partial charge in [-0.05, 0) is 61.6 Å². The van der Waals surface area contributed by atoms with Gasteiger partial charge in [0, 0.05) is 8.04 Å². The van der Waals surface area contributed by atoms with Crippen molar-refractivity contribution < 1.29 is 0 Å². The number of benzene rings is 1. The van der Waals surface area contributed by atoms with Crippen molar-refractivity contribution in [1.82, 2.24) is 0 Å². The topological polar surface area (TPSA) is 0 Å². The van der Waals surface area contributed by atoms with Crippen molar-refractivity contribution >= 4 is 38.5 Å². The molecular weight excluding hydrogens is 327 g/mol. The molecule has 0 aliphatic heterocycles. The molecule has 66 valence electrons. The summed E-state index contributed by atoms with van der Waals surface area (Å²) < 4.78 is 2.45. The summed E-state index contributed by atoms with van der Waals surface area (Å²) in [6.07, 6.45) is 0. The summed E-state index contributed by atoms with van der Waals surface area (Å²) in [6.45, 7) is 6.69. The smallest absolute Gasteiger partial charge is 0.0309 e. The van der Waals surface area contributed by atoms with Crippen LogP contribution in [0, 0.1) is 3.57 Å². The maximum atomic E-state index is 3.49. The molecule has 1 aromatic carbocycles. The van der Waals surface area contributed by atoms with Crippen LogP contribution in [0.15, 0.2) is 22.7 Å². The number of rotatable bonds is 0. The Morgan fingerprint density at radius 2 is 1.83 bits per heavy atom. The highest BCUT2D eigenvalue weighted by molar-refractivity contribution is 14.1. The van der Waals surface area contributed by atoms with Crippen molar-refractivity contribution in [2.24, 2.45) is 0 Å². The van der Waals surface area contributed by atoms with Gasteiger partial charge in [0.15, 0.2) is 0 Å². The second kappa shape index (κ2) is 3.66. The molecule has 0 atom stereocenters. The van der Waals surface area contributed by atoms with Gasteiger partial charge in [-0.2, -0.15) is 0 Å². The van der Waals surface area contributed by atoms with Gasteiger partial charge in [-0.3, -0.25) is 0 Å². The van der Waals surface area contributed by atoms with Gasteiger partial charge < -0.3 is 0 Å². The van der Waals surface area contributed by atoms with E-state index in [0.717, 1.165) is 0 Å². The third-order valence-corrected chi connectivity index (χ3v) is 4.11. The van der Waals surface area contributed by atoms with E-state index in [1.807, 2.05) is 0 Å². The van der Waals surface area contributed by atoms with Gasteiger partial charge >= 0.3 is 0 Å². The molecule has 0 fully saturated rings. The van der Waals surface area contributed by atoms with Gasteiger partial charge in [0.1, 0.15) is 0 Å². The molecule has 0 radical (unpaired) electrons. The zero-order chi connectivity index (χ0) is 9.35. The van der Waals surface area contributed by atoms with Crippen LogP contribution in [0.3, 0.4) is 0 Å². The van der Waals surface area contributed by atoms with Crippen LogP contribution in [0.25, 0.3) is 0 Å². The summed E-state index contributed by atoms with van der Waals surface area (Å²) in [5.74, 6) is 0. The Balaban J connectivity index is 3.14. The predicted octanol–water partition coefficient (Wildman–Crippen LogP) is 4.35. The first-order chi connectivity index (χ1) is 5.41. The molecule has 0 saturated heterocycles. The summed E-state index contributed by atoms with van der Waals surface area (Å²) in [7, 11) is 0. The van der Waals surface area contributed by atoms with Crippen LogP contribution in [-0.4, -0.2) is 0 Å². The molecule has 0 nitrogen and oxygen atoms in total. The van der Waals surface area contributed by atoms with Gasteiger partial charge in [0.25, 0.3) is 0 Å². The number of hydrogen-bond donors (Lipinski definition) is 0. The van der Waals surface area contributed by atoms with Crippen LogP contribution >= 0.6 is 38.5 Å². The van der Waals surface area contributed by atoms with Crippen molar-refractivity contribution in [2.75, 3.05) is 0 Å². The Kier molecular flexibility index (Phi) is 3.21. The molecule has 0 unspecified atom stereocenters. The number of hydrogen-bond acceptors (Lipinski definition) is 0. The van der Waals surface area contributed by atoms with Crippen molar-refractivity contribution in [3.8, 4) is 0 Å². The average molecular weight is 339 g/mol. The summed E-state index contributed by atoms with van der Waals surface area (Å²) in [4.78, 5) is 0. The van der Waals surface area contributed by atoms with E-state index in [4.69, 9.17) is 0 Å². The molecule has 0 N–H and O–H groups in total. The molecule has 1 aromatic rings. The molecule has 2 heteroatoms. The van der Waals surface area contributed by atoms with E-state index in [2.05, 4.69) is 77.5 Å². The first-order valence-corrected chi connectivity index (χ1v) is 5.74. The van der Waals surface area contributed by atoms with Crippen LogP contribution in [0.1, 0.15) is 26.3 Å². The summed E-state index contributed by atoms with van der Waals surface area (Å²) in [5, 5.41) is 0. The minimum absolute atomic E-state index is 0.251. The van der Waals surface area contributed by atoms with Gasteiger partial charge in [-0.1, -0.05) is 26.8 Å². The first kappa shape index (κ1) is 10.5. The molecule has 0 bridgehead atoms. The molecule has 0 heterocycles. The highest BCUT2D eigenvalue weighted by Gasteiger charge is 2.13. The van der Waals surface area contributed by atoms with E-state index in [-0.39, 0.29) is 5.41 Å². The molecule has 1 rings (SSSR count). The van der Waals surface area contributed by atoms with Gasteiger partial charge in [0.2, 0.25) is 0 Å². The average Bonchev–Trinajstić information content (AvgIpc) is 1.92. The fourth-order valence-corrected chi connectivity index (χ4v) is 1.72. The summed E-state index contributed by atoms with van der Waals surface area (Å²) in [5.41, 5.74) is 1.63. The maximum Gasteiger partial charge on any atom is 0.0309 e. The largest absolute Gasteiger partial charge is 0.0573 e. The Morgan fingerprint density at radius 1 is 1.25 bits per heavy atom. The maximum absolute atomic E-state index is 3.49. The zero-order valence-corrected chi connectivity index (χ0v) is 11.2. The Labute approximate surface area is 96.0 Å². The molecule has 0 saturated carbocycles. The van der Waals surface area contributed by atoms with E-state index in [0.29, 0.717) is 0 Å². The Morgan fingerprint density at radius 3 is 2.25 bits per heavy atom. The molecule has 0 amide bonds. The second-order valence-corrected chi connectivity index (χ2v) is 5.90. The van der Waals surface area contributed by atoms with E-state index in [1.54, 1.807) is 0 Å². The molecule has 0 aliphatic carbocycles. The quantitative estimate of drug-likeness (QED) is 0.617. The van der Waals surface area contributed by atoms with Gasteiger partial charge in [-0.25, -0.2) is 0 Å². The minimum atomic E-state index is 0.251. The van der Waals surface area contributed by atoms with E-state index < -0.39 is 0 Å². The fourth-order valence-electron chi connectivity index (χ4n) is 0.963. The third kappa shape index (κ3) is 2.46. The van der Waals surface area contributed by atoms with Crippen LogP contribution in [0.4, 0.5) is 0 Å². The third-order valence-electron chi connectivity index (χ3n) is 1.79. The first-order valence-electron chi connectivity index (χ1n) is 3.87. The van der Waals surface area contributed by atoms with Gasteiger partial charge in [-0.15, -0.1) is 0 Å². The Bertz CT molecular complexity index is 286. The fraction of sp³-hybridized carbons (Fsp3) is 0.400. The predicted molar refractivity (Wildman–Crippen MR) is 65.6 cm³/mol. The lowest BCUT2D eigenvalue weighted by molar-refractivity contribution is 0.589. The lowest BCUT2D eigenvalue weighted by atomic mass is 9.87. The van der Waals surface area contributed by atoms with Crippen molar-refractivity contribution in [3.05, 3.63) is 31.8 Å². The lowest BCUT2D eigenvalue weighted by Gasteiger charge is -2.19. The van der Waals surface area contributed by atoms with Crippen molar-refractivity contribution in [2.45, 2.75) is 26.2 Å². The van der Waals surface area contributed by atoms with E-state index in [9.17, 15) is 0 Å². The van der Waals surface area contributed by atoms with E-state index in [1.165, 1.54) is 13.6 Å². The number of halogens is 2. The van der Waals surface area contributed by atoms with E-state index >= 15 is 0 Å². The SMILES string of the molecule is CC(C)(C)c1ccc(Br)c(I)c1. The highest BCUT2D eigenvalue weighted by atomic mass is 127. The van der Waals surface area contributed by atoms with Crippen LogP contribution in [-0.2, 0) is 5.41 Å². The van der Waals surface area contributed by atoms with Crippen LogP contribution in [0.5, 0.6) is 0 Å². The molecular formula is C10H12BrI. The van der Waals surface area contributed by atoms with Crippen molar-refractivity contribution in [3.63, 3.8) is 0 Å². The standard InChI is InChI=1S/C10H12BrI/c1-10(2,3)7-4-5-8(11)9(12)6-7/h4-6H,1-3H3. The summed E-state index contributed by atoms with van der Waals surface area (Å²) in [6, 6.07) is 6.51. The van der Waals surface area contributed by atoms with Crippen molar-refractivity contribution in [1.29, 1.82) is 0 Å². The van der Waals surface area contributed by atoms with Gasteiger partial charge in [0.05, 0.1) is 0 Å². The lowest BCUT2D eigenvalue weighted by Crippen LogP contribution is -2.10. The Hall–Kier alpha value is 0.430. The highest BCUT2D eigenvalue weighted by Crippen LogP contribution is 2.27. The zero-order valence-electron chi connectivity index (χ0n) is 7.49.